The lowest BCUT2D eigenvalue weighted by molar-refractivity contribution is -0.104. The van der Waals surface area contributed by atoms with Crippen molar-refractivity contribution in [1.82, 2.24) is 4.98 Å². The first-order valence-electron chi connectivity index (χ1n) is 4.10. The largest absolute Gasteiger partial charge is 0.361 e. The summed E-state index contributed by atoms with van der Waals surface area (Å²) in [6, 6.07) is 7.98. The highest BCUT2D eigenvalue weighted by molar-refractivity contribution is 5.89. The van der Waals surface area contributed by atoms with Gasteiger partial charge in [0, 0.05) is 6.20 Å². The molecule has 2 rings (SSSR count). The summed E-state index contributed by atoms with van der Waals surface area (Å²) in [4.78, 5) is 13.3. The van der Waals surface area contributed by atoms with Gasteiger partial charge < -0.3 is 4.98 Å². The van der Waals surface area contributed by atoms with Crippen molar-refractivity contribution < 1.29 is 4.79 Å². The van der Waals surface area contributed by atoms with Gasteiger partial charge >= 0.3 is 0 Å². The van der Waals surface area contributed by atoms with Crippen LogP contribution in [0.5, 0.6) is 0 Å². The van der Waals surface area contributed by atoms with Gasteiger partial charge in [-0.25, -0.2) is 0 Å². The van der Waals surface area contributed by atoms with Gasteiger partial charge in [-0.1, -0.05) is 18.2 Å². The molecule has 1 aromatic heterocycles. The van der Waals surface area contributed by atoms with Gasteiger partial charge in [-0.3, -0.25) is 4.79 Å². The van der Waals surface area contributed by atoms with E-state index >= 15 is 0 Å². The van der Waals surface area contributed by atoms with Crippen molar-refractivity contribution in [3.05, 3.63) is 42.1 Å². The predicted octanol–water partition coefficient (Wildman–Crippen LogP) is 2.38. The second-order valence-electron chi connectivity index (χ2n) is 2.78. The Balaban J connectivity index is 2.60. The normalized spacial score (nSPS) is 11.1. The fourth-order valence-electron chi connectivity index (χ4n) is 1.39. The highest BCUT2D eigenvalue weighted by Crippen LogP contribution is 2.17. The number of aldehydes is 1. The van der Waals surface area contributed by atoms with Crippen molar-refractivity contribution in [1.29, 1.82) is 0 Å². The van der Waals surface area contributed by atoms with E-state index in [9.17, 15) is 4.79 Å². The van der Waals surface area contributed by atoms with Crippen LogP contribution in [0.3, 0.4) is 0 Å². The van der Waals surface area contributed by atoms with Crippen LogP contribution < -0.4 is 0 Å². The molecule has 0 unspecified atom stereocenters. The standard InChI is InChI=1S/C11H9NO/c13-8-2-5-9-3-1-4-10-6-7-12-11(9)10/h1-8,12H/b5-2+. The number of fused-ring (bicyclic) bond motifs is 1. The van der Waals surface area contributed by atoms with Gasteiger partial charge in [-0.05, 0) is 29.2 Å². The zero-order chi connectivity index (χ0) is 9.10. The molecule has 0 aliphatic carbocycles. The molecule has 1 N–H and O–H groups in total. The maximum Gasteiger partial charge on any atom is 0.142 e. The van der Waals surface area contributed by atoms with Crippen molar-refractivity contribution in [3.63, 3.8) is 0 Å². The van der Waals surface area contributed by atoms with E-state index in [-0.39, 0.29) is 0 Å². The summed E-state index contributed by atoms with van der Waals surface area (Å²) in [7, 11) is 0. The molecule has 0 aliphatic rings. The number of rotatable bonds is 2. The van der Waals surface area contributed by atoms with Gasteiger partial charge in [0.05, 0.1) is 5.52 Å². The molecule has 0 radical (unpaired) electrons. The summed E-state index contributed by atoms with van der Waals surface area (Å²) in [6.07, 6.45) is 5.96. The van der Waals surface area contributed by atoms with E-state index in [4.69, 9.17) is 0 Å². The summed E-state index contributed by atoms with van der Waals surface area (Å²) in [5, 5.41) is 1.16. The van der Waals surface area contributed by atoms with Gasteiger partial charge in [-0.2, -0.15) is 0 Å². The van der Waals surface area contributed by atoms with Crippen LogP contribution >= 0.6 is 0 Å². The first-order valence-corrected chi connectivity index (χ1v) is 4.10. The van der Waals surface area contributed by atoms with E-state index in [1.165, 1.54) is 6.08 Å². The number of hydrogen-bond donors (Lipinski definition) is 1. The van der Waals surface area contributed by atoms with Gasteiger partial charge in [0.15, 0.2) is 0 Å². The van der Waals surface area contributed by atoms with E-state index < -0.39 is 0 Å². The Bertz CT molecular complexity index is 454. The second-order valence-corrected chi connectivity index (χ2v) is 2.78. The lowest BCUT2D eigenvalue weighted by Gasteiger charge is -1.94. The Morgan fingerprint density at radius 3 is 3.00 bits per heavy atom. The first kappa shape index (κ1) is 7.80. The van der Waals surface area contributed by atoms with Crippen LogP contribution in [0.25, 0.3) is 17.0 Å². The fraction of sp³-hybridized carbons (Fsp3) is 0. The zero-order valence-electron chi connectivity index (χ0n) is 7.03. The van der Waals surface area contributed by atoms with Crippen LogP contribution in [0.15, 0.2) is 36.5 Å². The Kier molecular flexibility index (Phi) is 1.96. The molecule has 0 bridgehead atoms. The molecule has 64 valence electrons. The molecule has 0 saturated carbocycles. The molecule has 2 aromatic rings. The van der Waals surface area contributed by atoms with Crippen LogP contribution in [0.4, 0.5) is 0 Å². The SMILES string of the molecule is O=C/C=C/c1cccc2cc[nH]c12. The van der Waals surface area contributed by atoms with Crippen molar-refractivity contribution in [2.45, 2.75) is 0 Å². The lowest BCUT2D eigenvalue weighted by Crippen LogP contribution is -1.75. The smallest absolute Gasteiger partial charge is 0.142 e. The van der Waals surface area contributed by atoms with Gasteiger partial charge in [0.1, 0.15) is 6.29 Å². The van der Waals surface area contributed by atoms with Gasteiger partial charge in [-0.15, -0.1) is 0 Å². The summed E-state index contributed by atoms with van der Waals surface area (Å²) >= 11 is 0. The molecule has 13 heavy (non-hydrogen) atoms. The van der Waals surface area contributed by atoms with Gasteiger partial charge in [0.25, 0.3) is 0 Å². The Labute approximate surface area is 75.9 Å². The summed E-state index contributed by atoms with van der Waals surface area (Å²) in [5.74, 6) is 0. The van der Waals surface area contributed by atoms with Crippen LogP contribution in [0.2, 0.25) is 0 Å². The molecule has 2 nitrogen and oxygen atoms in total. The minimum atomic E-state index is 0.780. The topological polar surface area (TPSA) is 32.9 Å². The number of H-pyrrole nitrogens is 1. The number of benzene rings is 1. The second kappa shape index (κ2) is 3.27. The minimum absolute atomic E-state index is 0.780. The maximum atomic E-state index is 10.2. The molecule has 0 atom stereocenters. The number of nitrogens with one attached hydrogen (secondary N) is 1. The third-order valence-electron chi connectivity index (χ3n) is 1.97. The fourth-order valence-corrected chi connectivity index (χ4v) is 1.39. The summed E-state index contributed by atoms with van der Waals surface area (Å²) < 4.78 is 0. The van der Waals surface area contributed by atoms with E-state index in [0.717, 1.165) is 22.8 Å². The number of carbonyl (C=O) groups excluding carboxylic acids is 1. The molecule has 0 amide bonds. The highest BCUT2D eigenvalue weighted by atomic mass is 16.1. The van der Waals surface area contributed by atoms with E-state index in [1.807, 2.05) is 30.5 Å². The third kappa shape index (κ3) is 1.38. The van der Waals surface area contributed by atoms with Crippen molar-refractivity contribution in [2.75, 3.05) is 0 Å². The van der Waals surface area contributed by atoms with Gasteiger partial charge in [0.2, 0.25) is 0 Å². The first-order chi connectivity index (χ1) is 6.42. The Morgan fingerprint density at radius 2 is 2.15 bits per heavy atom. The molecule has 0 aliphatic heterocycles. The van der Waals surface area contributed by atoms with Crippen LogP contribution in [0, 0.1) is 0 Å². The summed E-state index contributed by atoms with van der Waals surface area (Å²) in [6.45, 7) is 0. The molecule has 1 aromatic carbocycles. The Morgan fingerprint density at radius 1 is 1.23 bits per heavy atom. The van der Waals surface area contributed by atoms with E-state index in [0.29, 0.717) is 0 Å². The van der Waals surface area contributed by atoms with Crippen molar-refractivity contribution >= 4 is 23.3 Å². The van der Waals surface area contributed by atoms with Crippen molar-refractivity contribution in [3.8, 4) is 0 Å². The molecule has 1 heterocycles. The van der Waals surface area contributed by atoms with E-state index in [1.54, 1.807) is 6.08 Å². The number of aromatic nitrogens is 1. The number of para-hydroxylation sites is 1. The van der Waals surface area contributed by atoms with Crippen molar-refractivity contribution in [2.24, 2.45) is 0 Å². The lowest BCUT2D eigenvalue weighted by atomic mass is 10.1. The molecular weight excluding hydrogens is 162 g/mol. The molecule has 0 fully saturated rings. The molecular formula is C11H9NO. The predicted molar refractivity (Wildman–Crippen MR) is 53.4 cm³/mol. The number of aromatic amines is 1. The maximum absolute atomic E-state index is 10.2. The molecule has 0 spiro atoms. The monoisotopic (exact) mass is 171 g/mol. The average Bonchev–Trinajstić information content (AvgIpc) is 2.62. The average molecular weight is 171 g/mol. The number of hydrogen-bond acceptors (Lipinski definition) is 1. The highest BCUT2D eigenvalue weighted by Gasteiger charge is 1.96. The zero-order valence-corrected chi connectivity index (χ0v) is 7.03. The number of carbonyl (C=O) groups is 1. The molecule has 0 saturated heterocycles. The van der Waals surface area contributed by atoms with Crippen LogP contribution in [0.1, 0.15) is 5.56 Å². The third-order valence-corrected chi connectivity index (χ3v) is 1.97. The van der Waals surface area contributed by atoms with Crippen LogP contribution in [-0.2, 0) is 4.79 Å². The Hall–Kier alpha value is -1.83. The number of allylic oxidation sites excluding steroid dienone is 1. The minimum Gasteiger partial charge on any atom is -0.361 e. The quantitative estimate of drug-likeness (QED) is 0.546. The summed E-state index contributed by atoms with van der Waals surface area (Å²) in [5.41, 5.74) is 2.11. The van der Waals surface area contributed by atoms with E-state index in [2.05, 4.69) is 4.98 Å². The van der Waals surface area contributed by atoms with Crippen LogP contribution in [-0.4, -0.2) is 11.3 Å². The molecule has 2 heteroatoms.